The number of ether oxygens (including phenoxy) is 1. The van der Waals surface area contributed by atoms with Crippen LogP contribution in [0.3, 0.4) is 0 Å². The van der Waals surface area contributed by atoms with Gasteiger partial charge in [-0.1, -0.05) is 11.6 Å². The molecule has 8 heteroatoms. The van der Waals surface area contributed by atoms with Crippen LogP contribution in [0.5, 0.6) is 0 Å². The fourth-order valence-electron chi connectivity index (χ4n) is 1.87. The highest BCUT2D eigenvalue weighted by atomic mass is 35.5. The zero-order chi connectivity index (χ0) is 13.6. The number of aryl methyl sites for hydroxylation is 1. The van der Waals surface area contributed by atoms with E-state index in [1.807, 2.05) is 13.8 Å². The first-order chi connectivity index (χ1) is 8.24. The molecule has 1 aromatic heterocycles. The normalized spacial score (nSPS) is 21.1. The van der Waals surface area contributed by atoms with Crippen LogP contribution in [-0.4, -0.2) is 47.6 Å². The summed E-state index contributed by atoms with van der Waals surface area (Å²) in [5.41, 5.74) is -0.493. The van der Waals surface area contributed by atoms with Crippen molar-refractivity contribution in [2.24, 2.45) is 7.05 Å². The number of aromatic nitrogens is 2. The third-order valence-electron chi connectivity index (χ3n) is 2.81. The molecule has 0 atom stereocenters. The predicted octanol–water partition coefficient (Wildman–Crippen LogP) is 0.873. The van der Waals surface area contributed by atoms with Gasteiger partial charge < -0.3 is 9.30 Å². The minimum absolute atomic E-state index is 0.0932. The molecule has 6 nitrogen and oxygen atoms in total. The van der Waals surface area contributed by atoms with Gasteiger partial charge in [-0.3, -0.25) is 0 Å². The highest BCUT2D eigenvalue weighted by Gasteiger charge is 2.37. The van der Waals surface area contributed by atoms with Gasteiger partial charge in [-0.2, -0.15) is 4.31 Å². The van der Waals surface area contributed by atoms with E-state index in [4.69, 9.17) is 16.3 Å². The van der Waals surface area contributed by atoms with Crippen molar-refractivity contribution in [3.8, 4) is 0 Å². The van der Waals surface area contributed by atoms with E-state index in [0.717, 1.165) is 0 Å². The van der Waals surface area contributed by atoms with Gasteiger partial charge in [0.1, 0.15) is 5.15 Å². The molecule has 1 saturated heterocycles. The second-order valence-corrected chi connectivity index (χ2v) is 7.11. The Morgan fingerprint density at radius 2 is 2.17 bits per heavy atom. The fourth-order valence-corrected chi connectivity index (χ4v) is 3.83. The van der Waals surface area contributed by atoms with Crippen molar-refractivity contribution in [2.75, 3.05) is 19.7 Å². The number of imidazole rings is 1. The first kappa shape index (κ1) is 13.8. The van der Waals surface area contributed by atoms with Crippen molar-refractivity contribution in [2.45, 2.75) is 24.5 Å². The largest absolute Gasteiger partial charge is 0.373 e. The lowest BCUT2D eigenvalue weighted by Crippen LogP contribution is -2.50. The summed E-state index contributed by atoms with van der Waals surface area (Å²) in [5.74, 6) is 0. The van der Waals surface area contributed by atoms with E-state index in [2.05, 4.69) is 4.98 Å². The fraction of sp³-hybridized carbons (Fsp3) is 0.700. The lowest BCUT2D eigenvalue weighted by atomic mass is 10.1. The molecular formula is C10H16ClN3O3S. The van der Waals surface area contributed by atoms with Crippen molar-refractivity contribution < 1.29 is 13.2 Å². The van der Waals surface area contributed by atoms with E-state index in [-0.39, 0.29) is 10.2 Å². The van der Waals surface area contributed by atoms with Crippen molar-refractivity contribution in [3.63, 3.8) is 0 Å². The summed E-state index contributed by atoms with van der Waals surface area (Å²) in [6.07, 6.45) is 1.39. The molecule has 0 aromatic carbocycles. The highest BCUT2D eigenvalue weighted by Crippen LogP contribution is 2.26. The Morgan fingerprint density at radius 1 is 1.50 bits per heavy atom. The van der Waals surface area contributed by atoms with E-state index >= 15 is 0 Å². The van der Waals surface area contributed by atoms with Crippen LogP contribution in [-0.2, 0) is 21.8 Å². The van der Waals surface area contributed by atoms with Gasteiger partial charge in [0.2, 0.25) is 5.03 Å². The van der Waals surface area contributed by atoms with Crippen LogP contribution >= 0.6 is 11.6 Å². The van der Waals surface area contributed by atoms with Crippen LogP contribution in [0, 0.1) is 0 Å². The minimum atomic E-state index is -3.65. The van der Waals surface area contributed by atoms with Crippen LogP contribution in [0.25, 0.3) is 0 Å². The maximum absolute atomic E-state index is 12.4. The summed E-state index contributed by atoms with van der Waals surface area (Å²) in [6, 6.07) is 0. The Kier molecular flexibility index (Phi) is 3.44. The first-order valence-corrected chi connectivity index (χ1v) is 7.37. The number of halogens is 1. The molecule has 2 rings (SSSR count). The van der Waals surface area contributed by atoms with Crippen LogP contribution in [0.4, 0.5) is 0 Å². The lowest BCUT2D eigenvalue weighted by molar-refractivity contribution is -0.0640. The zero-order valence-corrected chi connectivity index (χ0v) is 12.1. The number of hydrogen-bond acceptors (Lipinski definition) is 4. The maximum atomic E-state index is 12.4. The van der Waals surface area contributed by atoms with Crippen molar-refractivity contribution in [3.05, 3.63) is 11.5 Å². The Labute approximate surface area is 112 Å². The molecule has 0 aliphatic carbocycles. The quantitative estimate of drug-likeness (QED) is 0.812. The van der Waals surface area contributed by atoms with Crippen LogP contribution in [0.1, 0.15) is 13.8 Å². The molecule has 1 aliphatic rings. The van der Waals surface area contributed by atoms with Crippen molar-refractivity contribution >= 4 is 21.6 Å². The molecule has 0 amide bonds. The van der Waals surface area contributed by atoms with E-state index in [1.165, 1.54) is 15.2 Å². The summed E-state index contributed by atoms with van der Waals surface area (Å²) < 4.78 is 33.2. The molecular weight excluding hydrogens is 278 g/mol. The van der Waals surface area contributed by atoms with Gasteiger partial charge >= 0.3 is 0 Å². The van der Waals surface area contributed by atoms with Gasteiger partial charge in [-0.05, 0) is 13.8 Å². The van der Waals surface area contributed by atoms with Crippen LogP contribution in [0.15, 0.2) is 11.4 Å². The molecule has 0 saturated carbocycles. The second kappa shape index (κ2) is 4.48. The van der Waals surface area contributed by atoms with Gasteiger partial charge in [0, 0.05) is 20.1 Å². The van der Waals surface area contributed by atoms with E-state index in [1.54, 1.807) is 7.05 Å². The summed E-state index contributed by atoms with van der Waals surface area (Å²) >= 11 is 5.95. The Morgan fingerprint density at radius 3 is 2.67 bits per heavy atom. The molecule has 102 valence electrons. The number of hydrogen-bond donors (Lipinski definition) is 0. The summed E-state index contributed by atoms with van der Waals surface area (Å²) in [6.45, 7) is 4.70. The van der Waals surface area contributed by atoms with Gasteiger partial charge in [0.25, 0.3) is 10.0 Å². The summed E-state index contributed by atoms with van der Waals surface area (Å²) in [4.78, 5) is 3.87. The third-order valence-corrected chi connectivity index (χ3v) is 5.15. The molecule has 0 N–H and O–H groups in total. The highest BCUT2D eigenvalue weighted by molar-refractivity contribution is 7.89. The Balaban J connectivity index is 2.35. The molecule has 0 unspecified atom stereocenters. The number of sulfonamides is 1. The summed E-state index contributed by atoms with van der Waals surface area (Å²) in [5, 5.41) is 0.0312. The smallest absolute Gasteiger partial charge is 0.263 e. The van der Waals surface area contributed by atoms with E-state index in [0.29, 0.717) is 19.7 Å². The molecule has 0 radical (unpaired) electrons. The predicted molar refractivity (Wildman–Crippen MR) is 67.0 cm³/mol. The number of rotatable bonds is 2. The van der Waals surface area contributed by atoms with Crippen LogP contribution in [0.2, 0.25) is 5.15 Å². The molecule has 0 spiro atoms. The van der Waals surface area contributed by atoms with Gasteiger partial charge in [0.15, 0.2) is 0 Å². The maximum Gasteiger partial charge on any atom is 0.263 e. The molecule has 1 aliphatic heterocycles. The topological polar surface area (TPSA) is 64.4 Å². The van der Waals surface area contributed by atoms with E-state index in [9.17, 15) is 8.42 Å². The Hall–Kier alpha value is -0.630. The SMILES string of the molecule is Cn1cnc(S(=O)(=O)N2CCOC(C)(C)C2)c1Cl. The van der Waals surface area contributed by atoms with Crippen molar-refractivity contribution in [1.29, 1.82) is 0 Å². The van der Waals surface area contributed by atoms with Crippen LogP contribution < -0.4 is 0 Å². The van der Waals surface area contributed by atoms with Gasteiger partial charge in [-0.25, -0.2) is 13.4 Å². The molecule has 1 aromatic rings. The number of morpholine rings is 1. The molecule has 18 heavy (non-hydrogen) atoms. The van der Waals surface area contributed by atoms with Gasteiger partial charge in [-0.15, -0.1) is 0 Å². The molecule has 1 fully saturated rings. The average molecular weight is 294 g/mol. The zero-order valence-electron chi connectivity index (χ0n) is 10.6. The number of nitrogens with zero attached hydrogens (tertiary/aromatic N) is 3. The molecule has 0 bridgehead atoms. The van der Waals surface area contributed by atoms with Crippen molar-refractivity contribution in [1.82, 2.24) is 13.9 Å². The van der Waals surface area contributed by atoms with Gasteiger partial charge in [0.05, 0.1) is 18.5 Å². The average Bonchev–Trinajstić information content (AvgIpc) is 2.58. The monoisotopic (exact) mass is 293 g/mol. The molecule has 2 heterocycles. The first-order valence-electron chi connectivity index (χ1n) is 5.55. The standard InChI is InChI=1S/C10H16ClN3O3S/c1-10(2)6-14(4-5-17-10)18(15,16)9-8(11)13(3)7-12-9/h7H,4-6H2,1-3H3. The second-order valence-electron chi connectivity index (χ2n) is 4.90. The minimum Gasteiger partial charge on any atom is -0.373 e. The summed E-state index contributed by atoms with van der Waals surface area (Å²) in [7, 11) is -2.00. The lowest BCUT2D eigenvalue weighted by Gasteiger charge is -2.36. The van der Waals surface area contributed by atoms with E-state index < -0.39 is 15.6 Å². The third kappa shape index (κ3) is 2.40. The Bertz CT molecular complexity index is 553.